The minimum absolute atomic E-state index is 0.0429. The molecule has 0 saturated carbocycles. The van der Waals surface area contributed by atoms with Crippen LogP contribution in [0.3, 0.4) is 0 Å². The van der Waals surface area contributed by atoms with Gasteiger partial charge in [-0.05, 0) is 54.6 Å². The maximum absolute atomic E-state index is 13.0. The number of fused-ring (bicyclic) bond motifs is 1. The molecule has 0 bridgehead atoms. The van der Waals surface area contributed by atoms with E-state index in [9.17, 15) is 18.3 Å². The monoisotopic (exact) mass is 567 g/mol. The predicted octanol–water partition coefficient (Wildman–Crippen LogP) is 5.34. The molecule has 0 fully saturated rings. The molecule has 0 unspecified atom stereocenters. The maximum Gasteiger partial charge on any atom is 0.261 e. The molecule has 4 aromatic carbocycles. The van der Waals surface area contributed by atoms with Crippen LogP contribution in [0.15, 0.2) is 113 Å². The molecular weight excluding hydrogens is 538 g/mol. The van der Waals surface area contributed by atoms with Crippen molar-refractivity contribution in [1.29, 1.82) is 0 Å². The second kappa shape index (κ2) is 11.6. The standard InChI is InChI=1S/C31H29N5O4S/c1-36(2)28(37)20-32-22-13-15-23(16-14-22)33-30(21-9-5-3-6-10-21)29-26-19-24(17-18-27(26)34-31(29)38)35-41(39,40)25-11-7-4-8-12-25/h3-19,32,34-35,38H,20H2,1-2H3. The van der Waals surface area contributed by atoms with Crippen LogP contribution in [-0.2, 0) is 14.8 Å². The quantitative estimate of drug-likeness (QED) is 0.179. The number of rotatable bonds is 9. The van der Waals surface area contributed by atoms with Gasteiger partial charge in [-0.3, -0.25) is 9.52 Å². The summed E-state index contributed by atoms with van der Waals surface area (Å²) in [4.78, 5) is 21.4. The summed E-state index contributed by atoms with van der Waals surface area (Å²) >= 11 is 0. The molecule has 9 nitrogen and oxygen atoms in total. The fraction of sp³-hybridized carbons (Fsp3) is 0.0968. The van der Waals surface area contributed by atoms with Crippen molar-refractivity contribution >= 4 is 49.6 Å². The average Bonchev–Trinajstić information content (AvgIpc) is 3.30. The van der Waals surface area contributed by atoms with E-state index in [2.05, 4.69) is 15.0 Å². The number of anilines is 2. The number of aromatic nitrogens is 1. The Labute approximate surface area is 238 Å². The Morgan fingerprint density at radius 3 is 2.17 bits per heavy atom. The minimum Gasteiger partial charge on any atom is -0.494 e. The van der Waals surface area contributed by atoms with E-state index in [0.29, 0.717) is 33.6 Å². The third-order valence-corrected chi connectivity index (χ3v) is 7.82. The highest BCUT2D eigenvalue weighted by Gasteiger charge is 2.20. The van der Waals surface area contributed by atoms with Crippen LogP contribution in [0.1, 0.15) is 11.1 Å². The molecule has 1 heterocycles. The van der Waals surface area contributed by atoms with E-state index in [1.807, 2.05) is 54.6 Å². The second-order valence-electron chi connectivity index (χ2n) is 9.54. The van der Waals surface area contributed by atoms with Crippen LogP contribution in [-0.4, -0.2) is 55.7 Å². The normalized spacial score (nSPS) is 11.8. The fourth-order valence-electron chi connectivity index (χ4n) is 4.27. The fourth-order valence-corrected chi connectivity index (χ4v) is 5.34. The zero-order valence-electron chi connectivity index (χ0n) is 22.5. The first-order valence-electron chi connectivity index (χ1n) is 12.8. The summed E-state index contributed by atoms with van der Waals surface area (Å²) in [7, 11) is -0.405. The van der Waals surface area contributed by atoms with E-state index in [4.69, 9.17) is 4.99 Å². The number of aromatic amines is 1. The van der Waals surface area contributed by atoms with E-state index in [0.717, 1.165) is 11.3 Å². The number of carbonyl (C=O) groups is 1. The number of nitrogens with zero attached hydrogens (tertiary/aromatic N) is 2. The second-order valence-corrected chi connectivity index (χ2v) is 11.2. The van der Waals surface area contributed by atoms with Gasteiger partial charge < -0.3 is 20.3 Å². The molecule has 0 aliphatic rings. The molecule has 0 saturated heterocycles. The first kappa shape index (κ1) is 27.5. The van der Waals surface area contributed by atoms with Crippen LogP contribution >= 0.6 is 0 Å². The van der Waals surface area contributed by atoms with Crippen molar-refractivity contribution in [2.75, 3.05) is 30.7 Å². The maximum atomic E-state index is 13.0. The lowest BCUT2D eigenvalue weighted by Crippen LogP contribution is -2.28. The number of aromatic hydroxyl groups is 1. The summed E-state index contributed by atoms with van der Waals surface area (Å²) < 4.78 is 28.5. The van der Waals surface area contributed by atoms with Gasteiger partial charge in [-0.15, -0.1) is 0 Å². The third-order valence-electron chi connectivity index (χ3n) is 6.42. The molecule has 1 aromatic heterocycles. The van der Waals surface area contributed by atoms with Gasteiger partial charge in [-0.2, -0.15) is 0 Å². The molecule has 5 rings (SSSR count). The Kier molecular flexibility index (Phi) is 7.75. The smallest absolute Gasteiger partial charge is 0.261 e. The van der Waals surface area contributed by atoms with Crippen LogP contribution in [0.4, 0.5) is 17.1 Å². The molecule has 4 N–H and O–H groups in total. The zero-order chi connectivity index (χ0) is 29.0. The molecule has 0 spiro atoms. The summed E-state index contributed by atoms with van der Waals surface area (Å²) in [6.45, 7) is 0.171. The number of sulfonamides is 1. The van der Waals surface area contributed by atoms with E-state index >= 15 is 0 Å². The lowest BCUT2D eigenvalue weighted by Gasteiger charge is -2.12. The number of amides is 1. The minimum atomic E-state index is -3.81. The number of benzene rings is 4. The molecule has 1 amide bonds. The number of hydrogen-bond acceptors (Lipinski definition) is 6. The molecule has 0 aliphatic carbocycles. The number of nitrogens with one attached hydrogen (secondary N) is 3. The van der Waals surface area contributed by atoms with Gasteiger partial charge in [0, 0.05) is 41.9 Å². The van der Waals surface area contributed by atoms with E-state index in [1.54, 1.807) is 50.5 Å². The van der Waals surface area contributed by atoms with Crippen LogP contribution in [0.5, 0.6) is 5.88 Å². The van der Waals surface area contributed by atoms with Gasteiger partial charge in [0.05, 0.1) is 28.4 Å². The van der Waals surface area contributed by atoms with Gasteiger partial charge >= 0.3 is 0 Å². The Hall–Kier alpha value is -5.09. The van der Waals surface area contributed by atoms with Crippen LogP contribution in [0.2, 0.25) is 0 Å². The van der Waals surface area contributed by atoms with Crippen molar-refractivity contribution in [2.45, 2.75) is 4.90 Å². The first-order valence-corrected chi connectivity index (χ1v) is 14.3. The van der Waals surface area contributed by atoms with Gasteiger partial charge in [0.15, 0.2) is 5.88 Å². The van der Waals surface area contributed by atoms with Gasteiger partial charge in [-0.1, -0.05) is 48.5 Å². The van der Waals surface area contributed by atoms with Crippen molar-refractivity contribution in [1.82, 2.24) is 9.88 Å². The molecular formula is C31H29N5O4S. The van der Waals surface area contributed by atoms with Crippen molar-refractivity contribution in [3.63, 3.8) is 0 Å². The summed E-state index contributed by atoms with van der Waals surface area (Å²) in [5.74, 6) is -0.134. The SMILES string of the molecule is CN(C)C(=O)CNc1ccc(N=C(c2ccccc2)c2c(O)[nH]c3ccc(NS(=O)(=O)c4ccccc4)cc23)cc1. The highest BCUT2D eigenvalue weighted by Crippen LogP contribution is 2.34. The molecule has 0 radical (unpaired) electrons. The van der Waals surface area contributed by atoms with Crippen molar-refractivity contribution in [2.24, 2.45) is 4.99 Å². The molecule has 5 aromatic rings. The number of H-pyrrole nitrogens is 1. The highest BCUT2D eigenvalue weighted by molar-refractivity contribution is 7.92. The van der Waals surface area contributed by atoms with Gasteiger partial charge in [-0.25, -0.2) is 13.4 Å². The predicted molar refractivity (Wildman–Crippen MR) is 163 cm³/mol. The summed E-state index contributed by atoms with van der Waals surface area (Å²) in [6.07, 6.45) is 0. The number of hydrogen-bond donors (Lipinski definition) is 4. The van der Waals surface area contributed by atoms with Crippen molar-refractivity contribution in [3.05, 3.63) is 114 Å². The largest absolute Gasteiger partial charge is 0.494 e. The zero-order valence-corrected chi connectivity index (χ0v) is 23.3. The molecule has 208 valence electrons. The van der Waals surface area contributed by atoms with E-state index in [-0.39, 0.29) is 23.2 Å². The van der Waals surface area contributed by atoms with Gasteiger partial charge in [0.25, 0.3) is 10.0 Å². The van der Waals surface area contributed by atoms with Crippen LogP contribution < -0.4 is 10.0 Å². The Bertz CT molecular complexity index is 1820. The highest BCUT2D eigenvalue weighted by atomic mass is 32.2. The summed E-state index contributed by atoms with van der Waals surface area (Å²) in [5.41, 5.74) is 4.06. The molecule has 0 atom stereocenters. The first-order chi connectivity index (χ1) is 19.7. The summed E-state index contributed by atoms with van der Waals surface area (Å²) in [5, 5.41) is 14.7. The van der Waals surface area contributed by atoms with Gasteiger partial charge in [0.2, 0.25) is 5.91 Å². The van der Waals surface area contributed by atoms with Crippen molar-refractivity contribution < 1.29 is 18.3 Å². The van der Waals surface area contributed by atoms with Crippen LogP contribution in [0.25, 0.3) is 10.9 Å². The Morgan fingerprint density at radius 2 is 1.51 bits per heavy atom. The van der Waals surface area contributed by atoms with Crippen molar-refractivity contribution in [3.8, 4) is 5.88 Å². The third kappa shape index (κ3) is 6.23. The average molecular weight is 568 g/mol. The van der Waals surface area contributed by atoms with Gasteiger partial charge in [0.1, 0.15) is 0 Å². The summed E-state index contributed by atoms with van der Waals surface area (Å²) in [6, 6.07) is 29.9. The topological polar surface area (TPSA) is 127 Å². The number of aliphatic imine (C=N–C) groups is 1. The molecule has 10 heteroatoms. The van der Waals surface area contributed by atoms with E-state index < -0.39 is 10.0 Å². The Balaban J connectivity index is 1.54. The Morgan fingerprint density at radius 1 is 0.878 bits per heavy atom. The molecule has 41 heavy (non-hydrogen) atoms. The lowest BCUT2D eigenvalue weighted by atomic mass is 10.0. The lowest BCUT2D eigenvalue weighted by molar-refractivity contribution is -0.126. The van der Waals surface area contributed by atoms with Crippen LogP contribution in [0, 0.1) is 0 Å². The van der Waals surface area contributed by atoms with E-state index in [1.165, 1.54) is 17.0 Å². The number of likely N-dealkylation sites (N-methyl/N-ethyl adjacent to an activating group) is 1. The number of carbonyl (C=O) groups excluding carboxylic acids is 1. The molecule has 0 aliphatic heterocycles.